The van der Waals surface area contributed by atoms with Crippen molar-refractivity contribution in [1.29, 1.82) is 0 Å². The molecule has 0 bridgehead atoms. The second-order valence-electron chi connectivity index (χ2n) is 4.89. The topological polar surface area (TPSA) is 17.3 Å². The predicted octanol–water partition coefficient (Wildman–Crippen LogP) is 0.763. The molecule has 0 unspecified atom stereocenters. The maximum atomic E-state index is 12.3. The third-order valence-corrected chi connectivity index (χ3v) is 3.31. The first kappa shape index (κ1) is 17.6. The van der Waals surface area contributed by atoms with Gasteiger partial charge in [-0.05, 0) is 39.0 Å². The maximum absolute atomic E-state index is 12.3. The predicted molar refractivity (Wildman–Crippen MR) is 69.1 cm³/mol. The van der Waals surface area contributed by atoms with Crippen LogP contribution in [0, 0.1) is 0 Å². The number of likely N-dealkylation sites (tertiary alicyclic amines) is 1. The molecule has 0 aromatic heterocycles. The molecule has 2 rings (SSSR count). The Morgan fingerprint density at radius 3 is 2.25 bits per heavy atom. The fourth-order valence-electron chi connectivity index (χ4n) is 2.37. The Bertz CT molecular complexity index is 378. The van der Waals surface area contributed by atoms with E-state index in [9.17, 15) is 13.2 Å². The zero-order chi connectivity index (χ0) is 13.7. The molecule has 0 radical (unpaired) electrons. The van der Waals surface area contributed by atoms with Crippen LogP contribution in [0.5, 0.6) is 0 Å². The van der Waals surface area contributed by atoms with Crippen molar-refractivity contribution in [3.63, 3.8) is 0 Å². The van der Waals surface area contributed by atoms with Crippen LogP contribution in [-0.4, -0.2) is 37.3 Å². The average molecular weight is 278 g/mol. The third-order valence-electron chi connectivity index (χ3n) is 3.31. The summed E-state index contributed by atoms with van der Waals surface area (Å²) in [5, 5.41) is 3.86. The van der Waals surface area contributed by atoms with Crippen molar-refractivity contribution in [1.82, 2.24) is 4.90 Å². The fourth-order valence-corrected chi connectivity index (χ4v) is 2.37. The molecule has 1 aromatic carbocycles. The van der Waals surface area contributed by atoms with E-state index in [0.29, 0.717) is 6.54 Å². The molecule has 1 aliphatic rings. The van der Waals surface area contributed by atoms with Gasteiger partial charge in [-0.3, -0.25) is 0 Å². The van der Waals surface area contributed by atoms with Crippen LogP contribution in [0.15, 0.2) is 30.3 Å². The molecule has 20 heavy (non-hydrogen) atoms. The normalized spacial score (nSPS) is 17.8. The van der Waals surface area contributed by atoms with E-state index in [-0.39, 0.29) is 24.9 Å². The van der Waals surface area contributed by atoms with Gasteiger partial charge in [0.15, 0.2) is 0 Å². The fraction of sp³-hybridized carbons (Fsp3) is 0.571. The van der Waals surface area contributed by atoms with Crippen molar-refractivity contribution in [2.45, 2.75) is 25.1 Å². The molecule has 1 saturated heterocycles. The van der Waals surface area contributed by atoms with Crippen LogP contribution < -0.4 is 18.9 Å². The zero-order valence-corrected chi connectivity index (χ0v) is 11.7. The first-order chi connectivity index (χ1) is 9.04. The van der Waals surface area contributed by atoms with Gasteiger partial charge in [0.05, 0.1) is 0 Å². The van der Waals surface area contributed by atoms with Gasteiger partial charge < -0.3 is 10.2 Å². The quantitative estimate of drug-likeness (QED) is 0.727. The summed E-state index contributed by atoms with van der Waals surface area (Å²) in [5.41, 5.74) is 0.860. The Hall–Kier alpha value is -0.473. The Morgan fingerprint density at radius 1 is 1.10 bits per heavy atom. The summed E-state index contributed by atoms with van der Waals surface area (Å²) in [7, 11) is 0. The van der Waals surface area contributed by atoms with Crippen molar-refractivity contribution in [2.24, 2.45) is 0 Å². The molecule has 0 saturated carbocycles. The smallest absolute Gasteiger partial charge is 0.647 e. The molecule has 0 amide bonds. The van der Waals surface area contributed by atoms with Gasteiger partial charge in [0, 0.05) is 0 Å². The minimum atomic E-state index is -4.22. The SMILES string of the molecule is FC(F)(F)C[N-][C@H](CN1CCCC1)c1ccccc1.[Li+]. The second kappa shape index (κ2) is 8.09. The summed E-state index contributed by atoms with van der Waals surface area (Å²) < 4.78 is 37.0. The van der Waals surface area contributed by atoms with Crippen LogP contribution in [0.2, 0.25) is 0 Å². The van der Waals surface area contributed by atoms with Crippen LogP contribution in [0.1, 0.15) is 24.4 Å². The number of alkyl halides is 3. The van der Waals surface area contributed by atoms with Gasteiger partial charge in [0.1, 0.15) is 0 Å². The Kier molecular flexibility index (Phi) is 7.11. The maximum Gasteiger partial charge on any atom is 1.00 e. The van der Waals surface area contributed by atoms with E-state index in [2.05, 4.69) is 10.2 Å². The van der Waals surface area contributed by atoms with E-state index in [1.807, 2.05) is 30.3 Å². The van der Waals surface area contributed by atoms with E-state index >= 15 is 0 Å². The van der Waals surface area contributed by atoms with Crippen molar-refractivity contribution >= 4 is 0 Å². The summed E-state index contributed by atoms with van der Waals surface area (Å²) in [5.74, 6) is 0. The van der Waals surface area contributed by atoms with E-state index in [0.717, 1.165) is 31.5 Å². The average Bonchev–Trinajstić information content (AvgIpc) is 2.87. The Labute approximate surface area is 129 Å². The Balaban J connectivity index is 0.00000200. The standard InChI is InChI=1S/C14H18F3N2.Li/c15-14(16,17)11-18-13(10-19-8-4-5-9-19)12-6-2-1-3-7-12;/h1-3,6-7,13H,4-5,8-11H2;/q-1;+1/t13-;/m1./s1. The van der Waals surface area contributed by atoms with E-state index < -0.39 is 12.7 Å². The molecular weight excluding hydrogens is 260 g/mol. The van der Waals surface area contributed by atoms with Gasteiger partial charge in [0.25, 0.3) is 0 Å². The molecule has 0 N–H and O–H groups in total. The van der Waals surface area contributed by atoms with Gasteiger partial charge in [0.2, 0.25) is 0 Å². The molecule has 106 valence electrons. The van der Waals surface area contributed by atoms with E-state index in [1.54, 1.807) is 0 Å². The molecule has 2 nitrogen and oxygen atoms in total. The summed E-state index contributed by atoms with van der Waals surface area (Å²) in [4.78, 5) is 2.19. The number of hydrogen-bond donors (Lipinski definition) is 0. The van der Waals surface area contributed by atoms with Gasteiger partial charge in [-0.25, -0.2) is 0 Å². The molecule has 1 aromatic rings. The van der Waals surface area contributed by atoms with Crippen molar-refractivity contribution in [3.05, 3.63) is 41.2 Å². The molecule has 1 atom stereocenters. The van der Waals surface area contributed by atoms with Crippen molar-refractivity contribution in [3.8, 4) is 0 Å². The number of nitrogens with zero attached hydrogens (tertiary/aromatic N) is 2. The molecule has 0 aliphatic carbocycles. The largest absolute Gasteiger partial charge is 1.00 e. The van der Waals surface area contributed by atoms with Crippen LogP contribution in [0.25, 0.3) is 5.32 Å². The minimum Gasteiger partial charge on any atom is -0.647 e. The summed E-state index contributed by atoms with van der Waals surface area (Å²) in [6.45, 7) is 1.44. The van der Waals surface area contributed by atoms with Gasteiger partial charge in [-0.15, -0.1) is 0 Å². The molecule has 6 heteroatoms. The third kappa shape index (κ3) is 5.88. The van der Waals surface area contributed by atoms with E-state index in [1.165, 1.54) is 0 Å². The van der Waals surface area contributed by atoms with Crippen molar-refractivity contribution in [2.75, 3.05) is 26.2 Å². The number of rotatable bonds is 5. The van der Waals surface area contributed by atoms with Crippen LogP contribution in [0.3, 0.4) is 0 Å². The van der Waals surface area contributed by atoms with Crippen LogP contribution in [-0.2, 0) is 0 Å². The number of halogens is 3. The first-order valence-electron chi connectivity index (χ1n) is 6.55. The van der Waals surface area contributed by atoms with Gasteiger partial charge >= 0.3 is 25.0 Å². The van der Waals surface area contributed by atoms with Gasteiger partial charge in [-0.1, -0.05) is 41.9 Å². The zero-order valence-electron chi connectivity index (χ0n) is 11.7. The van der Waals surface area contributed by atoms with Crippen molar-refractivity contribution < 1.29 is 32.0 Å². The van der Waals surface area contributed by atoms with Crippen LogP contribution >= 0.6 is 0 Å². The summed E-state index contributed by atoms with van der Waals surface area (Å²) in [6.07, 6.45) is -1.97. The van der Waals surface area contributed by atoms with Gasteiger partial charge in [-0.2, -0.15) is 13.2 Å². The first-order valence-corrected chi connectivity index (χ1v) is 6.55. The monoisotopic (exact) mass is 278 g/mol. The molecule has 0 spiro atoms. The Morgan fingerprint density at radius 2 is 1.70 bits per heavy atom. The number of hydrogen-bond acceptors (Lipinski definition) is 1. The molecular formula is C14H18F3LiN2. The van der Waals surface area contributed by atoms with Crippen LogP contribution in [0.4, 0.5) is 13.2 Å². The molecule has 1 fully saturated rings. The molecule has 1 heterocycles. The summed E-state index contributed by atoms with van der Waals surface area (Å²) >= 11 is 0. The summed E-state index contributed by atoms with van der Waals surface area (Å²) in [6, 6.07) is 8.85. The molecule has 1 aliphatic heterocycles. The number of benzene rings is 1. The second-order valence-corrected chi connectivity index (χ2v) is 4.89. The minimum absolute atomic E-state index is 0. The van der Waals surface area contributed by atoms with E-state index in [4.69, 9.17) is 0 Å².